The number of aryl methyl sites for hydroxylation is 2. The number of hydrogen-bond acceptors (Lipinski definition) is 3. The second-order valence-electron chi connectivity index (χ2n) is 4.23. The zero-order chi connectivity index (χ0) is 13.1. The Bertz CT molecular complexity index is 627. The number of nitriles is 1. The Hall–Kier alpha value is -1.92. The number of hydrogen-bond donors (Lipinski definition) is 1. The Morgan fingerprint density at radius 2 is 1.89 bits per heavy atom. The topological polar surface area (TPSA) is 49.8 Å². The van der Waals surface area contributed by atoms with E-state index in [1.54, 1.807) is 17.8 Å². The molecule has 3 heteroatoms. The quantitative estimate of drug-likeness (QED) is 0.827. The Morgan fingerprint density at radius 1 is 1.11 bits per heavy atom. The third-order valence-corrected chi connectivity index (χ3v) is 3.87. The number of nitrogen functional groups attached to an aromatic ring is 1. The van der Waals surface area contributed by atoms with E-state index in [0.29, 0.717) is 11.3 Å². The van der Waals surface area contributed by atoms with Gasteiger partial charge in [0, 0.05) is 15.5 Å². The van der Waals surface area contributed by atoms with Gasteiger partial charge in [0.05, 0.1) is 5.56 Å². The molecule has 2 aromatic carbocycles. The second kappa shape index (κ2) is 5.16. The predicted molar refractivity (Wildman–Crippen MR) is 75.6 cm³/mol. The summed E-state index contributed by atoms with van der Waals surface area (Å²) >= 11 is 1.66. The van der Waals surface area contributed by atoms with Crippen LogP contribution in [0.2, 0.25) is 0 Å². The molecule has 2 aromatic rings. The molecule has 0 aliphatic heterocycles. The molecule has 90 valence electrons. The van der Waals surface area contributed by atoms with E-state index in [2.05, 4.69) is 38.1 Å². The van der Waals surface area contributed by atoms with Crippen LogP contribution in [0.3, 0.4) is 0 Å². The molecule has 0 aliphatic rings. The van der Waals surface area contributed by atoms with Gasteiger partial charge < -0.3 is 5.73 Å². The lowest BCUT2D eigenvalue weighted by Gasteiger charge is -2.07. The summed E-state index contributed by atoms with van der Waals surface area (Å²) in [6.45, 7) is 4.16. The first-order chi connectivity index (χ1) is 8.60. The summed E-state index contributed by atoms with van der Waals surface area (Å²) in [5.74, 6) is 0. The van der Waals surface area contributed by atoms with Crippen LogP contribution in [-0.2, 0) is 0 Å². The smallest absolute Gasteiger partial charge is 0.101 e. The van der Waals surface area contributed by atoms with Crippen molar-refractivity contribution < 1.29 is 0 Å². The van der Waals surface area contributed by atoms with Crippen molar-refractivity contribution in [2.75, 3.05) is 5.73 Å². The lowest BCUT2D eigenvalue weighted by molar-refractivity contribution is 1.25. The van der Waals surface area contributed by atoms with Gasteiger partial charge in [-0.3, -0.25) is 0 Å². The first kappa shape index (κ1) is 12.5. The standard InChI is InChI=1S/C15H14N2S/c1-10-3-4-11(2)15(7-10)18-13-5-6-14(17)12(8-13)9-16/h3-8H,17H2,1-2H3. The van der Waals surface area contributed by atoms with Crippen molar-refractivity contribution in [2.24, 2.45) is 0 Å². The summed E-state index contributed by atoms with van der Waals surface area (Å²) in [4.78, 5) is 2.25. The van der Waals surface area contributed by atoms with Crippen LogP contribution in [-0.4, -0.2) is 0 Å². The van der Waals surface area contributed by atoms with Crippen LogP contribution in [0, 0.1) is 25.2 Å². The van der Waals surface area contributed by atoms with Crippen LogP contribution < -0.4 is 5.73 Å². The van der Waals surface area contributed by atoms with Gasteiger partial charge in [-0.2, -0.15) is 5.26 Å². The van der Waals surface area contributed by atoms with Crippen LogP contribution in [0.4, 0.5) is 5.69 Å². The van der Waals surface area contributed by atoms with Crippen molar-refractivity contribution >= 4 is 17.4 Å². The van der Waals surface area contributed by atoms with E-state index in [9.17, 15) is 0 Å². The molecule has 2 rings (SSSR count). The maximum absolute atomic E-state index is 8.97. The number of rotatable bonds is 2. The van der Waals surface area contributed by atoms with Gasteiger partial charge in [-0.25, -0.2) is 0 Å². The molecule has 0 saturated heterocycles. The van der Waals surface area contributed by atoms with Crippen molar-refractivity contribution in [3.05, 3.63) is 53.1 Å². The Kier molecular flexibility index (Phi) is 3.59. The maximum atomic E-state index is 8.97. The molecular formula is C15H14N2S. The van der Waals surface area contributed by atoms with Crippen LogP contribution in [0.25, 0.3) is 0 Å². The number of benzene rings is 2. The van der Waals surface area contributed by atoms with Crippen molar-refractivity contribution in [3.8, 4) is 6.07 Å². The molecule has 0 fully saturated rings. The highest BCUT2D eigenvalue weighted by molar-refractivity contribution is 7.99. The number of nitrogens with zero attached hydrogens (tertiary/aromatic N) is 1. The minimum absolute atomic E-state index is 0.530. The first-order valence-electron chi connectivity index (χ1n) is 5.65. The number of nitrogens with two attached hydrogens (primary N) is 1. The molecule has 0 amide bonds. The first-order valence-corrected chi connectivity index (χ1v) is 6.46. The molecule has 0 atom stereocenters. The summed E-state index contributed by atoms with van der Waals surface area (Å²) in [5, 5.41) is 8.97. The van der Waals surface area contributed by atoms with E-state index < -0.39 is 0 Å². The monoisotopic (exact) mass is 254 g/mol. The summed E-state index contributed by atoms with van der Waals surface area (Å²) < 4.78 is 0. The molecule has 2 N–H and O–H groups in total. The van der Waals surface area contributed by atoms with Gasteiger partial charge in [-0.1, -0.05) is 23.9 Å². The Morgan fingerprint density at radius 3 is 2.61 bits per heavy atom. The van der Waals surface area contributed by atoms with E-state index in [0.717, 1.165) is 4.90 Å². The second-order valence-corrected chi connectivity index (χ2v) is 5.35. The van der Waals surface area contributed by atoms with Gasteiger partial charge in [0.25, 0.3) is 0 Å². The van der Waals surface area contributed by atoms with Gasteiger partial charge in [0.15, 0.2) is 0 Å². The fourth-order valence-corrected chi connectivity index (χ4v) is 2.68. The summed E-state index contributed by atoms with van der Waals surface area (Å²) in [5.41, 5.74) is 9.25. The molecule has 0 unspecified atom stereocenters. The van der Waals surface area contributed by atoms with Gasteiger partial charge in [0.1, 0.15) is 6.07 Å². The minimum atomic E-state index is 0.530. The molecule has 0 radical (unpaired) electrons. The zero-order valence-electron chi connectivity index (χ0n) is 10.4. The third-order valence-electron chi connectivity index (χ3n) is 2.72. The van der Waals surface area contributed by atoms with Gasteiger partial charge in [-0.05, 0) is 49.2 Å². The van der Waals surface area contributed by atoms with Gasteiger partial charge >= 0.3 is 0 Å². The third kappa shape index (κ3) is 2.66. The average molecular weight is 254 g/mol. The van der Waals surface area contributed by atoms with Crippen LogP contribution in [0.15, 0.2) is 46.2 Å². The van der Waals surface area contributed by atoms with Crippen molar-refractivity contribution in [3.63, 3.8) is 0 Å². The van der Waals surface area contributed by atoms with E-state index in [-0.39, 0.29) is 0 Å². The molecule has 0 bridgehead atoms. The molecule has 0 spiro atoms. The molecule has 2 nitrogen and oxygen atoms in total. The molecular weight excluding hydrogens is 240 g/mol. The highest BCUT2D eigenvalue weighted by Crippen LogP contribution is 2.32. The SMILES string of the molecule is Cc1ccc(C)c(Sc2ccc(N)c(C#N)c2)c1. The fourth-order valence-electron chi connectivity index (χ4n) is 1.64. The lowest BCUT2D eigenvalue weighted by Crippen LogP contribution is -1.90. The normalized spacial score (nSPS) is 10.1. The van der Waals surface area contributed by atoms with Crippen LogP contribution in [0.5, 0.6) is 0 Å². The lowest BCUT2D eigenvalue weighted by atomic mass is 10.2. The van der Waals surface area contributed by atoms with Gasteiger partial charge in [0.2, 0.25) is 0 Å². The summed E-state index contributed by atoms with van der Waals surface area (Å²) in [6, 6.07) is 14.0. The highest BCUT2D eigenvalue weighted by Gasteiger charge is 2.04. The minimum Gasteiger partial charge on any atom is -0.398 e. The van der Waals surface area contributed by atoms with E-state index in [1.807, 2.05) is 12.1 Å². The predicted octanol–water partition coefficient (Wildman–Crippen LogP) is 3.91. The molecule has 0 heterocycles. The largest absolute Gasteiger partial charge is 0.398 e. The molecule has 0 aromatic heterocycles. The van der Waals surface area contributed by atoms with Crippen molar-refractivity contribution in [2.45, 2.75) is 23.6 Å². The van der Waals surface area contributed by atoms with Gasteiger partial charge in [-0.15, -0.1) is 0 Å². The van der Waals surface area contributed by atoms with E-state index in [1.165, 1.54) is 16.0 Å². The zero-order valence-corrected chi connectivity index (χ0v) is 11.2. The van der Waals surface area contributed by atoms with Crippen molar-refractivity contribution in [1.82, 2.24) is 0 Å². The molecule has 0 aliphatic carbocycles. The fraction of sp³-hybridized carbons (Fsp3) is 0.133. The van der Waals surface area contributed by atoms with E-state index in [4.69, 9.17) is 11.0 Å². The highest BCUT2D eigenvalue weighted by atomic mass is 32.2. The van der Waals surface area contributed by atoms with Crippen molar-refractivity contribution in [1.29, 1.82) is 5.26 Å². The Balaban J connectivity index is 2.34. The maximum Gasteiger partial charge on any atom is 0.101 e. The number of anilines is 1. The summed E-state index contributed by atoms with van der Waals surface area (Å²) in [6.07, 6.45) is 0. The molecule has 0 saturated carbocycles. The van der Waals surface area contributed by atoms with Crippen LogP contribution >= 0.6 is 11.8 Å². The average Bonchev–Trinajstić information content (AvgIpc) is 2.36. The van der Waals surface area contributed by atoms with Crippen LogP contribution in [0.1, 0.15) is 16.7 Å². The molecule has 18 heavy (non-hydrogen) atoms. The summed E-state index contributed by atoms with van der Waals surface area (Å²) in [7, 11) is 0. The Labute approximate surface area is 111 Å². The van der Waals surface area contributed by atoms with E-state index >= 15 is 0 Å².